The largest absolute Gasteiger partial charge is 0.480 e. The van der Waals surface area contributed by atoms with Crippen LogP contribution in [0, 0.1) is 18.3 Å². The molecule has 1 aliphatic heterocycles. The van der Waals surface area contributed by atoms with Crippen LogP contribution in [0.3, 0.4) is 0 Å². The van der Waals surface area contributed by atoms with Gasteiger partial charge in [0.2, 0.25) is 0 Å². The van der Waals surface area contributed by atoms with Gasteiger partial charge in [0.05, 0.1) is 17.4 Å². The highest BCUT2D eigenvalue weighted by Crippen LogP contribution is 2.30. The summed E-state index contributed by atoms with van der Waals surface area (Å²) < 4.78 is 5.25. The summed E-state index contributed by atoms with van der Waals surface area (Å²) in [6, 6.07) is 6.95. The second kappa shape index (κ2) is 5.29. The van der Waals surface area contributed by atoms with E-state index in [1.165, 1.54) is 0 Å². The second-order valence-electron chi connectivity index (χ2n) is 4.73. The first kappa shape index (κ1) is 13.4. The van der Waals surface area contributed by atoms with Crippen LogP contribution < -0.4 is 4.90 Å². The molecule has 1 heterocycles. The van der Waals surface area contributed by atoms with E-state index in [4.69, 9.17) is 4.74 Å². The van der Waals surface area contributed by atoms with Crippen LogP contribution in [0.15, 0.2) is 18.2 Å². The van der Waals surface area contributed by atoms with Gasteiger partial charge in [0.25, 0.3) is 0 Å². The quantitative estimate of drug-likeness (QED) is 0.892. The first-order valence-corrected chi connectivity index (χ1v) is 6.09. The monoisotopic (exact) mass is 260 g/mol. The van der Waals surface area contributed by atoms with Crippen molar-refractivity contribution >= 4 is 11.7 Å². The number of ether oxygens (including phenoxy) is 1. The maximum atomic E-state index is 11.3. The minimum atomic E-state index is -0.885. The molecule has 2 rings (SSSR count). The number of carboxylic acid groups (broad SMARTS) is 1. The number of methoxy groups -OCH3 is 1. The van der Waals surface area contributed by atoms with Crippen molar-refractivity contribution in [3.63, 3.8) is 0 Å². The van der Waals surface area contributed by atoms with Crippen LogP contribution in [0.25, 0.3) is 0 Å². The average molecular weight is 260 g/mol. The van der Waals surface area contributed by atoms with Crippen LogP contribution in [0.2, 0.25) is 0 Å². The molecule has 1 fully saturated rings. The number of hydrogen-bond donors (Lipinski definition) is 1. The fraction of sp³-hybridized carbons (Fsp3) is 0.429. The van der Waals surface area contributed by atoms with Crippen molar-refractivity contribution in [2.75, 3.05) is 18.6 Å². The van der Waals surface area contributed by atoms with Crippen LogP contribution >= 0.6 is 0 Å². The maximum absolute atomic E-state index is 11.3. The molecule has 5 heteroatoms. The molecule has 1 aliphatic rings. The molecule has 1 aromatic rings. The molecule has 0 aromatic heterocycles. The number of aliphatic carboxylic acids is 1. The molecule has 0 bridgehead atoms. The van der Waals surface area contributed by atoms with E-state index in [9.17, 15) is 15.2 Å². The topological polar surface area (TPSA) is 73.6 Å². The van der Waals surface area contributed by atoms with E-state index in [2.05, 4.69) is 6.07 Å². The molecule has 0 aliphatic carbocycles. The average Bonchev–Trinajstić information content (AvgIpc) is 2.82. The van der Waals surface area contributed by atoms with Gasteiger partial charge in [0.15, 0.2) is 0 Å². The molecule has 0 radical (unpaired) electrons. The maximum Gasteiger partial charge on any atom is 0.326 e. The Balaban J connectivity index is 2.39. The van der Waals surface area contributed by atoms with Gasteiger partial charge in [-0.25, -0.2) is 4.79 Å². The summed E-state index contributed by atoms with van der Waals surface area (Å²) in [5, 5.41) is 18.5. The van der Waals surface area contributed by atoms with Crippen molar-refractivity contribution in [2.24, 2.45) is 0 Å². The molecule has 5 nitrogen and oxygen atoms in total. The highest BCUT2D eigenvalue weighted by Gasteiger charge is 2.37. The molecule has 0 spiro atoms. The van der Waals surface area contributed by atoms with Crippen molar-refractivity contribution in [1.29, 1.82) is 5.26 Å². The fourth-order valence-corrected chi connectivity index (χ4v) is 2.46. The molecule has 1 saturated heterocycles. The number of hydrogen-bond acceptors (Lipinski definition) is 4. The lowest BCUT2D eigenvalue weighted by Gasteiger charge is -2.24. The Hall–Kier alpha value is -2.06. The number of aryl methyl sites for hydroxylation is 1. The van der Waals surface area contributed by atoms with E-state index in [-0.39, 0.29) is 6.10 Å². The summed E-state index contributed by atoms with van der Waals surface area (Å²) in [5.74, 6) is -0.885. The van der Waals surface area contributed by atoms with E-state index < -0.39 is 12.0 Å². The molecule has 1 N–H and O–H groups in total. The van der Waals surface area contributed by atoms with Gasteiger partial charge in [-0.1, -0.05) is 6.07 Å². The second-order valence-corrected chi connectivity index (χ2v) is 4.73. The van der Waals surface area contributed by atoms with Crippen LogP contribution in [-0.4, -0.2) is 36.9 Å². The van der Waals surface area contributed by atoms with Crippen molar-refractivity contribution in [3.05, 3.63) is 29.3 Å². The van der Waals surface area contributed by atoms with Gasteiger partial charge in [-0.15, -0.1) is 0 Å². The number of anilines is 1. The van der Waals surface area contributed by atoms with Gasteiger partial charge in [-0.3, -0.25) is 0 Å². The first-order chi connectivity index (χ1) is 9.06. The Morgan fingerprint density at radius 1 is 1.58 bits per heavy atom. The standard InChI is InChI=1S/C14H16N2O3/c1-9-3-4-12(10(5-9)7-15)16-8-11(19-2)6-13(16)14(17)18/h3-5,11,13H,6,8H2,1-2H3,(H,17,18). The normalized spacial score (nSPS) is 22.3. The van der Waals surface area contributed by atoms with Gasteiger partial charge in [0, 0.05) is 20.1 Å². The van der Waals surface area contributed by atoms with Gasteiger partial charge < -0.3 is 14.7 Å². The molecule has 0 saturated carbocycles. The number of nitriles is 1. The lowest BCUT2D eigenvalue weighted by Crippen LogP contribution is -2.36. The molecule has 0 amide bonds. The third-order valence-electron chi connectivity index (χ3n) is 3.46. The van der Waals surface area contributed by atoms with Crippen molar-refractivity contribution < 1.29 is 14.6 Å². The number of carboxylic acids is 1. The number of rotatable bonds is 3. The minimum Gasteiger partial charge on any atom is -0.480 e. The third-order valence-corrected chi connectivity index (χ3v) is 3.46. The summed E-state index contributed by atoms with van der Waals surface area (Å²) in [7, 11) is 1.58. The van der Waals surface area contributed by atoms with E-state index in [0.717, 1.165) is 5.56 Å². The molecule has 100 valence electrons. The summed E-state index contributed by atoms with van der Waals surface area (Å²) in [5.41, 5.74) is 2.15. The van der Waals surface area contributed by atoms with Gasteiger partial charge in [-0.05, 0) is 24.6 Å². The van der Waals surface area contributed by atoms with E-state index in [1.54, 1.807) is 18.1 Å². The summed E-state index contributed by atoms with van der Waals surface area (Å²) in [6.07, 6.45) is 0.318. The SMILES string of the molecule is COC1CC(C(=O)O)N(c2ccc(C)cc2C#N)C1. The zero-order valence-corrected chi connectivity index (χ0v) is 11.0. The Morgan fingerprint density at radius 2 is 2.32 bits per heavy atom. The number of benzene rings is 1. The molecular weight excluding hydrogens is 244 g/mol. The van der Waals surface area contributed by atoms with Crippen LogP contribution in [0.4, 0.5) is 5.69 Å². The Morgan fingerprint density at radius 3 is 2.89 bits per heavy atom. The predicted molar refractivity (Wildman–Crippen MR) is 70.1 cm³/mol. The highest BCUT2D eigenvalue weighted by molar-refractivity contribution is 5.80. The highest BCUT2D eigenvalue weighted by atomic mass is 16.5. The number of carbonyl (C=O) groups is 1. The van der Waals surface area contributed by atoms with Crippen molar-refractivity contribution in [3.8, 4) is 6.07 Å². The van der Waals surface area contributed by atoms with E-state index in [1.807, 2.05) is 19.1 Å². The molecular formula is C14H16N2O3. The summed E-state index contributed by atoms with van der Waals surface area (Å²) >= 11 is 0. The predicted octanol–water partition coefficient (Wildman–Crippen LogP) is 1.54. The molecule has 2 unspecified atom stereocenters. The zero-order chi connectivity index (χ0) is 14.0. The van der Waals surface area contributed by atoms with Crippen LogP contribution in [-0.2, 0) is 9.53 Å². The summed E-state index contributed by atoms with van der Waals surface area (Å²) in [6.45, 7) is 2.40. The van der Waals surface area contributed by atoms with Gasteiger partial charge in [0.1, 0.15) is 12.1 Å². The minimum absolute atomic E-state index is 0.117. The smallest absolute Gasteiger partial charge is 0.326 e. The van der Waals surface area contributed by atoms with E-state index in [0.29, 0.717) is 24.2 Å². The van der Waals surface area contributed by atoms with E-state index >= 15 is 0 Å². The zero-order valence-electron chi connectivity index (χ0n) is 11.0. The first-order valence-electron chi connectivity index (χ1n) is 6.09. The number of nitrogens with zero attached hydrogens (tertiary/aromatic N) is 2. The summed E-state index contributed by atoms with van der Waals surface area (Å²) in [4.78, 5) is 13.1. The van der Waals surface area contributed by atoms with Crippen molar-refractivity contribution in [2.45, 2.75) is 25.5 Å². The fourth-order valence-electron chi connectivity index (χ4n) is 2.46. The molecule has 1 aromatic carbocycles. The Labute approximate surface area is 112 Å². The van der Waals surface area contributed by atoms with Gasteiger partial charge >= 0.3 is 5.97 Å². The Bertz CT molecular complexity index is 536. The lowest BCUT2D eigenvalue weighted by molar-refractivity contribution is -0.138. The van der Waals surface area contributed by atoms with Crippen LogP contribution in [0.1, 0.15) is 17.5 Å². The third kappa shape index (κ3) is 2.54. The Kier molecular flexibility index (Phi) is 3.72. The van der Waals surface area contributed by atoms with Crippen molar-refractivity contribution in [1.82, 2.24) is 0 Å². The molecule has 2 atom stereocenters. The van der Waals surface area contributed by atoms with Gasteiger partial charge in [-0.2, -0.15) is 5.26 Å². The molecule has 19 heavy (non-hydrogen) atoms. The lowest BCUT2D eigenvalue weighted by atomic mass is 10.1. The van der Waals surface area contributed by atoms with Crippen LogP contribution in [0.5, 0.6) is 0 Å².